The number of furan rings is 1. The van der Waals surface area contributed by atoms with Crippen LogP contribution in [0.15, 0.2) is 46.5 Å². The molecule has 0 saturated carbocycles. The van der Waals surface area contributed by atoms with E-state index in [1.807, 2.05) is 30.3 Å². The molecule has 0 aliphatic heterocycles. The Morgan fingerprint density at radius 2 is 2.32 bits per heavy atom. The van der Waals surface area contributed by atoms with Crippen LogP contribution in [0.3, 0.4) is 0 Å². The molecule has 0 bridgehead atoms. The third kappa shape index (κ3) is 2.37. The van der Waals surface area contributed by atoms with Crippen molar-refractivity contribution in [2.45, 2.75) is 6.54 Å². The molecular weight excluding hydrogens is 260 g/mol. The Kier molecular flexibility index (Phi) is 3.05. The van der Waals surface area contributed by atoms with Crippen molar-refractivity contribution < 1.29 is 9.21 Å². The molecule has 19 heavy (non-hydrogen) atoms. The van der Waals surface area contributed by atoms with Gasteiger partial charge in [0.25, 0.3) is 5.91 Å². The molecule has 2 aromatic heterocycles. The van der Waals surface area contributed by atoms with E-state index in [0.717, 1.165) is 16.0 Å². The van der Waals surface area contributed by atoms with Gasteiger partial charge in [-0.2, -0.15) is 0 Å². The highest BCUT2D eigenvalue weighted by Gasteiger charge is 2.14. The number of rotatable bonds is 3. The molecule has 0 atom stereocenters. The molecule has 5 heteroatoms. The highest BCUT2D eigenvalue weighted by Crippen LogP contribution is 2.20. The van der Waals surface area contributed by atoms with Crippen LogP contribution in [0.2, 0.25) is 0 Å². The number of benzene rings is 1. The van der Waals surface area contributed by atoms with Crippen molar-refractivity contribution in [3.05, 3.63) is 53.4 Å². The molecule has 0 saturated heterocycles. The number of aromatic nitrogens is 1. The van der Waals surface area contributed by atoms with Gasteiger partial charge >= 0.3 is 0 Å². The van der Waals surface area contributed by atoms with Crippen LogP contribution in [-0.2, 0) is 6.54 Å². The number of amides is 1. The zero-order valence-electron chi connectivity index (χ0n) is 10.4. The number of fused-ring (bicyclic) bond motifs is 1. The van der Waals surface area contributed by atoms with Gasteiger partial charge in [0.15, 0.2) is 0 Å². The molecule has 3 rings (SSSR count). The number of carbonyl (C=O) groups excluding carboxylic acids is 1. The molecule has 1 aromatic carbocycles. The average Bonchev–Trinajstić information content (AvgIpc) is 3.07. The topological polar surface area (TPSA) is 46.3 Å². The smallest absolute Gasteiger partial charge is 0.254 e. The van der Waals surface area contributed by atoms with Crippen LogP contribution < -0.4 is 0 Å². The Morgan fingerprint density at radius 1 is 1.42 bits per heavy atom. The molecule has 1 amide bonds. The molecule has 0 spiro atoms. The predicted molar refractivity (Wildman–Crippen MR) is 74.1 cm³/mol. The minimum absolute atomic E-state index is 0.0216. The largest absolute Gasteiger partial charge is 0.467 e. The molecule has 4 nitrogen and oxygen atoms in total. The van der Waals surface area contributed by atoms with Crippen molar-refractivity contribution in [3.63, 3.8) is 0 Å². The quantitative estimate of drug-likeness (QED) is 0.735. The standard InChI is InChI=1S/C14H12N2O2S/c1-16(8-11-3-2-6-18-11)14(17)10-4-5-12-13(7-10)19-9-15-12/h2-7,9H,8H2,1H3. The summed E-state index contributed by atoms with van der Waals surface area (Å²) in [5.41, 5.74) is 3.38. The lowest BCUT2D eigenvalue weighted by Gasteiger charge is -2.15. The minimum Gasteiger partial charge on any atom is -0.467 e. The highest BCUT2D eigenvalue weighted by atomic mass is 32.1. The molecule has 0 N–H and O–H groups in total. The van der Waals surface area contributed by atoms with Crippen molar-refractivity contribution in [2.24, 2.45) is 0 Å². The fourth-order valence-electron chi connectivity index (χ4n) is 1.92. The molecule has 0 radical (unpaired) electrons. The van der Waals surface area contributed by atoms with E-state index >= 15 is 0 Å². The van der Waals surface area contributed by atoms with E-state index in [-0.39, 0.29) is 5.91 Å². The van der Waals surface area contributed by atoms with Crippen molar-refractivity contribution in [2.75, 3.05) is 7.05 Å². The van der Waals surface area contributed by atoms with Gasteiger partial charge in [-0.05, 0) is 30.3 Å². The number of nitrogens with zero attached hydrogens (tertiary/aromatic N) is 2. The van der Waals surface area contributed by atoms with Gasteiger partial charge in [-0.25, -0.2) is 4.98 Å². The molecular formula is C14H12N2O2S. The van der Waals surface area contributed by atoms with Gasteiger partial charge in [0.2, 0.25) is 0 Å². The highest BCUT2D eigenvalue weighted by molar-refractivity contribution is 7.16. The summed E-state index contributed by atoms with van der Waals surface area (Å²) in [6.07, 6.45) is 1.61. The summed E-state index contributed by atoms with van der Waals surface area (Å²) in [5.74, 6) is 0.751. The number of carbonyl (C=O) groups is 1. The number of thiazole rings is 1. The lowest BCUT2D eigenvalue weighted by atomic mass is 10.2. The third-order valence-corrected chi connectivity index (χ3v) is 3.69. The lowest BCUT2D eigenvalue weighted by Crippen LogP contribution is -2.25. The van der Waals surface area contributed by atoms with Crippen LogP contribution in [0.4, 0.5) is 0 Å². The average molecular weight is 272 g/mol. The molecule has 96 valence electrons. The number of hydrogen-bond donors (Lipinski definition) is 0. The number of hydrogen-bond acceptors (Lipinski definition) is 4. The first-order valence-electron chi connectivity index (χ1n) is 5.85. The Balaban J connectivity index is 1.82. The Morgan fingerprint density at radius 3 is 3.11 bits per heavy atom. The molecule has 3 aromatic rings. The summed E-state index contributed by atoms with van der Waals surface area (Å²) in [7, 11) is 1.77. The van der Waals surface area contributed by atoms with Crippen LogP contribution in [0.5, 0.6) is 0 Å². The van der Waals surface area contributed by atoms with Crippen LogP contribution in [0.1, 0.15) is 16.1 Å². The van der Waals surface area contributed by atoms with E-state index < -0.39 is 0 Å². The van der Waals surface area contributed by atoms with Crippen LogP contribution in [0, 0.1) is 0 Å². The van der Waals surface area contributed by atoms with E-state index in [9.17, 15) is 4.79 Å². The van der Waals surface area contributed by atoms with E-state index in [1.54, 1.807) is 23.7 Å². The van der Waals surface area contributed by atoms with Gasteiger partial charge < -0.3 is 9.32 Å². The van der Waals surface area contributed by atoms with E-state index in [4.69, 9.17) is 4.42 Å². The summed E-state index contributed by atoms with van der Waals surface area (Å²) in [5, 5.41) is 0. The Bertz CT molecular complexity index is 703. The summed E-state index contributed by atoms with van der Waals surface area (Å²) < 4.78 is 6.27. The maximum Gasteiger partial charge on any atom is 0.254 e. The maximum absolute atomic E-state index is 12.3. The zero-order chi connectivity index (χ0) is 13.2. The van der Waals surface area contributed by atoms with Gasteiger partial charge in [0.05, 0.1) is 28.5 Å². The third-order valence-electron chi connectivity index (χ3n) is 2.90. The summed E-state index contributed by atoms with van der Waals surface area (Å²) in [6.45, 7) is 0.465. The summed E-state index contributed by atoms with van der Waals surface area (Å²) in [6, 6.07) is 9.24. The van der Waals surface area contributed by atoms with Crippen molar-refractivity contribution >= 4 is 27.5 Å². The van der Waals surface area contributed by atoms with Crippen molar-refractivity contribution in [1.82, 2.24) is 9.88 Å². The summed E-state index contributed by atoms with van der Waals surface area (Å²) >= 11 is 1.54. The Hall–Kier alpha value is -2.14. The second kappa shape index (κ2) is 4.85. The summed E-state index contributed by atoms with van der Waals surface area (Å²) in [4.78, 5) is 18.1. The van der Waals surface area contributed by atoms with E-state index in [2.05, 4.69) is 4.98 Å². The normalized spacial score (nSPS) is 10.8. The lowest BCUT2D eigenvalue weighted by molar-refractivity contribution is 0.0775. The van der Waals surface area contributed by atoms with Gasteiger partial charge in [-0.3, -0.25) is 4.79 Å². The van der Waals surface area contributed by atoms with Gasteiger partial charge in [-0.15, -0.1) is 11.3 Å². The first-order valence-corrected chi connectivity index (χ1v) is 6.73. The van der Waals surface area contributed by atoms with Crippen LogP contribution >= 0.6 is 11.3 Å². The van der Waals surface area contributed by atoms with Crippen LogP contribution in [0.25, 0.3) is 10.2 Å². The van der Waals surface area contributed by atoms with Crippen LogP contribution in [-0.4, -0.2) is 22.8 Å². The van der Waals surface area contributed by atoms with Gasteiger partial charge in [0, 0.05) is 12.6 Å². The van der Waals surface area contributed by atoms with Gasteiger partial charge in [0.1, 0.15) is 5.76 Å². The minimum atomic E-state index is -0.0216. The molecule has 2 heterocycles. The molecule has 0 unspecified atom stereocenters. The second-order valence-electron chi connectivity index (χ2n) is 4.28. The van der Waals surface area contributed by atoms with Crippen molar-refractivity contribution in [3.8, 4) is 0 Å². The van der Waals surface area contributed by atoms with Crippen molar-refractivity contribution in [1.29, 1.82) is 0 Å². The molecule has 0 aliphatic carbocycles. The molecule has 0 aliphatic rings. The second-order valence-corrected chi connectivity index (χ2v) is 5.16. The maximum atomic E-state index is 12.3. The van der Waals surface area contributed by atoms with E-state index in [1.165, 1.54) is 11.3 Å². The fraction of sp³-hybridized carbons (Fsp3) is 0.143. The SMILES string of the molecule is CN(Cc1ccco1)C(=O)c1ccc2ncsc2c1. The van der Waals surface area contributed by atoms with Gasteiger partial charge in [-0.1, -0.05) is 0 Å². The van der Waals surface area contributed by atoms with E-state index in [0.29, 0.717) is 12.1 Å². The monoisotopic (exact) mass is 272 g/mol. The first kappa shape index (κ1) is 11.9. The predicted octanol–water partition coefficient (Wildman–Crippen LogP) is 3.16. The zero-order valence-corrected chi connectivity index (χ0v) is 11.2. The first-order chi connectivity index (χ1) is 9.24. The Labute approximate surface area is 114 Å². The fourth-order valence-corrected chi connectivity index (χ4v) is 2.63. The molecule has 0 fully saturated rings.